The molecule has 6 unspecified atom stereocenters. The first-order valence-electron chi connectivity index (χ1n) is 8.83. The third-order valence-electron chi connectivity index (χ3n) is 5.94. The number of rotatable bonds is 2. The van der Waals surface area contributed by atoms with Gasteiger partial charge in [0.2, 0.25) is 0 Å². The molecule has 2 rings (SSSR count). The van der Waals surface area contributed by atoms with Crippen LogP contribution in [0.2, 0.25) is 0 Å². The molecule has 0 aromatic heterocycles. The minimum absolute atomic E-state index is 0.0337. The average Bonchev–Trinajstić information content (AvgIpc) is 2.71. The van der Waals surface area contributed by atoms with Crippen LogP contribution in [0.4, 0.5) is 0 Å². The number of hydrogen-bond acceptors (Lipinski definition) is 3. The molecule has 1 aliphatic heterocycles. The van der Waals surface area contributed by atoms with E-state index in [4.69, 9.17) is 4.74 Å². The first-order valence-corrected chi connectivity index (χ1v) is 8.83. The maximum atomic E-state index is 12.2. The van der Waals surface area contributed by atoms with Gasteiger partial charge >= 0.3 is 5.97 Å². The second kappa shape index (κ2) is 6.68. The molecule has 0 bridgehead atoms. The van der Waals surface area contributed by atoms with Crippen LogP contribution in [0.15, 0.2) is 0 Å². The molecule has 0 amide bonds. The SMILES string of the molecule is CCC1C(=O)OC2C1CCC(C)CCCC(C)(O)C2CC. The van der Waals surface area contributed by atoms with E-state index < -0.39 is 5.60 Å². The molecular formula is C18H32O3. The molecule has 0 aromatic carbocycles. The normalized spacial score (nSPS) is 45.0. The smallest absolute Gasteiger partial charge is 0.309 e. The van der Waals surface area contributed by atoms with Crippen molar-refractivity contribution in [2.75, 3.05) is 0 Å². The highest BCUT2D eigenvalue weighted by atomic mass is 16.6. The predicted octanol–water partition coefficient (Wildman–Crippen LogP) is 3.93. The molecule has 0 radical (unpaired) electrons. The van der Waals surface area contributed by atoms with E-state index in [0.717, 1.165) is 32.1 Å². The fraction of sp³-hybridized carbons (Fsp3) is 0.944. The van der Waals surface area contributed by atoms with E-state index in [9.17, 15) is 9.90 Å². The second-order valence-electron chi connectivity index (χ2n) is 7.53. The summed E-state index contributed by atoms with van der Waals surface area (Å²) in [6.45, 7) is 8.42. The molecule has 3 nitrogen and oxygen atoms in total. The fourth-order valence-corrected chi connectivity index (χ4v) is 4.57. The molecule has 6 atom stereocenters. The molecule has 0 aromatic rings. The summed E-state index contributed by atoms with van der Waals surface area (Å²) in [4.78, 5) is 12.2. The Bertz CT molecular complexity index is 363. The zero-order chi connectivity index (χ0) is 15.6. The molecule has 1 aliphatic carbocycles. The van der Waals surface area contributed by atoms with Gasteiger partial charge in [0, 0.05) is 11.8 Å². The number of fused-ring (bicyclic) bond motifs is 1. The minimum Gasteiger partial charge on any atom is -0.461 e. The van der Waals surface area contributed by atoms with Crippen molar-refractivity contribution in [2.45, 2.75) is 84.3 Å². The zero-order valence-corrected chi connectivity index (χ0v) is 14.1. The first kappa shape index (κ1) is 16.8. The zero-order valence-electron chi connectivity index (χ0n) is 14.1. The minimum atomic E-state index is -0.725. The van der Waals surface area contributed by atoms with Gasteiger partial charge in [-0.05, 0) is 38.5 Å². The van der Waals surface area contributed by atoms with Crippen LogP contribution in [0, 0.1) is 23.7 Å². The van der Waals surface area contributed by atoms with Crippen LogP contribution in [0.5, 0.6) is 0 Å². The van der Waals surface area contributed by atoms with E-state index >= 15 is 0 Å². The Labute approximate surface area is 129 Å². The van der Waals surface area contributed by atoms with Gasteiger partial charge in [0.15, 0.2) is 0 Å². The van der Waals surface area contributed by atoms with E-state index in [0.29, 0.717) is 11.8 Å². The third-order valence-corrected chi connectivity index (χ3v) is 5.94. The van der Waals surface area contributed by atoms with Crippen LogP contribution < -0.4 is 0 Å². The maximum absolute atomic E-state index is 12.2. The summed E-state index contributed by atoms with van der Waals surface area (Å²) >= 11 is 0. The largest absolute Gasteiger partial charge is 0.461 e. The quantitative estimate of drug-likeness (QED) is 0.785. The Kier molecular flexibility index (Phi) is 5.34. The molecule has 2 aliphatic rings. The van der Waals surface area contributed by atoms with E-state index in [1.165, 1.54) is 12.8 Å². The number of carbonyl (C=O) groups excluding carboxylic acids is 1. The van der Waals surface area contributed by atoms with Gasteiger partial charge in [-0.2, -0.15) is 0 Å². The van der Waals surface area contributed by atoms with E-state index in [2.05, 4.69) is 20.8 Å². The Morgan fingerprint density at radius 3 is 2.57 bits per heavy atom. The number of carbonyl (C=O) groups is 1. The maximum Gasteiger partial charge on any atom is 0.309 e. The van der Waals surface area contributed by atoms with Crippen molar-refractivity contribution in [3.05, 3.63) is 0 Å². The van der Waals surface area contributed by atoms with Crippen molar-refractivity contribution in [3.8, 4) is 0 Å². The van der Waals surface area contributed by atoms with Crippen molar-refractivity contribution in [1.29, 1.82) is 0 Å². The van der Waals surface area contributed by atoms with Crippen molar-refractivity contribution in [2.24, 2.45) is 23.7 Å². The summed E-state index contributed by atoms with van der Waals surface area (Å²) in [5.41, 5.74) is -0.725. The van der Waals surface area contributed by atoms with Crippen LogP contribution in [-0.2, 0) is 9.53 Å². The molecule has 1 saturated heterocycles. The van der Waals surface area contributed by atoms with Gasteiger partial charge in [0.1, 0.15) is 6.10 Å². The summed E-state index contributed by atoms with van der Waals surface area (Å²) in [5.74, 6) is 1.03. The standard InChI is InChI=1S/C18H32O3/c1-5-13-14-10-9-12(3)8-7-11-18(4,20)15(6-2)16(14)21-17(13)19/h12-16,20H,5-11H2,1-4H3. The molecule has 122 valence electrons. The van der Waals surface area contributed by atoms with Gasteiger partial charge in [0.05, 0.1) is 11.5 Å². The van der Waals surface area contributed by atoms with Gasteiger partial charge < -0.3 is 9.84 Å². The van der Waals surface area contributed by atoms with Crippen molar-refractivity contribution >= 4 is 5.97 Å². The van der Waals surface area contributed by atoms with Gasteiger partial charge in [-0.1, -0.05) is 40.0 Å². The Hall–Kier alpha value is -0.570. The highest BCUT2D eigenvalue weighted by Gasteiger charge is 2.50. The topological polar surface area (TPSA) is 46.5 Å². The Morgan fingerprint density at radius 1 is 1.24 bits per heavy atom. The van der Waals surface area contributed by atoms with Gasteiger partial charge in [-0.25, -0.2) is 0 Å². The van der Waals surface area contributed by atoms with E-state index in [-0.39, 0.29) is 23.9 Å². The molecule has 0 spiro atoms. The summed E-state index contributed by atoms with van der Waals surface area (Å²) in [6, 6.07) is 0. The lowest BCUT2D eigenvalue weighted by Gasteiger charge is -2.39. The number of hydrogen-bond donors (Lipinski definition) is 1. The lowest BCUT2D eigenvalue weighted by atomic mass is 9.70. The van der Waals surface area contributed by atoms with Crippen molar-refractivity contribution < 1.29 is 14.6 Å². The lowest BCUT2D eigenvalue weighted by Crippen LogP contribution is -2.44. The van der Waals surface area contributed by atoms with Crippen molar-refractivity contribution in [3.63, 3.8) is 0 Å². The number of aliphatic hydroxyl groups is 1. The van der Waals surface area contributed by atoms with Crippen LogP contribution in [0.3, 0.4) is 0 Å². The second-order valence-corrected chi connectivity index (χ2v) is 7.53. The summed E-state index contributed by atoms with van der Waals surface area (Å²) in [7, 11) is 0. The molecule has 1 heterocycles. The average molecular weight is 296 g/mol. The van der Waals surface area contributed by atoms with Gasteiger partial charge in [-0.3, -0.25) is 4.79 Å². The molecule has 2 fully saturated rings. The Morgan fingerprint density at radius 2 is 1.95 bits per heavy atom. The van der Waals surface area contributed by atoms with Gasteiger partial charge in [0.25, 0.3) is 0 Å². The highest BCUT2D eigenvalue weighted by Crippen LogP contribution is 2.44. The molecular weight excluding hydrogens is 264 g/mol. The molecule has 1 saturated carbocycles. The van der Waals surface area contributed by atoms with Crippen LogP contribution >= 0.6 is 0 Å². The monoisotopic (exact) mass is 296 g/mol. The van der Waals surface area contributed by atoms with Gasteiger partial charge in [-0.15, -0.1) is 0 Å². The highest BCUT2D eigenvalue weighted by molar-refractivity contribution is 5.75. The van der Waals surface area contributed by atoms with Crippen LogP contribution in [-0.4, -0.2) is 22.8 Å². The van der Waals surface area contributed by atoms with E-state index in [1.807, 2.05) is 6.92 Å². The summed E-state index contributed by atoms with van der Waals surface area (Å²) < 4.78 is 5.78. The molecule has 3 heteroatoms. The van der Waals surface area contributed by atoms with Crippen LogP contribution in [0.25, 0.3) is 0 Å². The Balaban J connectivity index is 2.29. The fourth-order valence-electron chi connectivity index (χ4n) is 4.57. The lowest BCUT2D eigenvalue weighted by molar-refractivity contribution is -0.151. The first-order chi connectivity index (χ1) is 9.90. The molecule has 1 N–H and O–H groups in total. The van der Waals surface area contributed by atoms with Crippen molar-refractivity contribution in [1.82, 2.24) is 0 Å². The van der Waals surface area contributed by atoms with E-state index in [1.54, 1.807) is 0 Å². The third kappa shape index (κ3) is 3.44. The number of esters is 1. The summed E-state index contributed by atoms with van der Waals surface area (Å²) in [6.07, 6.45) is 6.92. The molecule has 21 heavy (non-hydrogen) atoms. The number of ether oxygens (including phenoxy) is 1. The predicted molar refractivity (Wildman–Crippen MR) is 83.8 cm³/mol. The van der Waals surface area contributed by atoms with Crippen LogP contribution in [0.1, 0.15) is 72.6 Å². The summed E-state index contributed by atoms with van der Waals surface area (Å²) in [5, 5.41) is 10.9.